The number of nitrogens with one attached hydrogen (secondary N) is 1. The fourth-order valence-electron chi connectivity index (χ4n) is 1.75. The molecule has 88 valence electrons. The molecular formula is C12H16BrNO2. The first-order valence-corrected chi connectivity index (χ1v) is 5.83. The molecular weight excluding hydrogens is 270 g/mol. The molecule has 0 atom stereocenters. The van der Waals surface area contributed by atoms with Crippen molar-refractivity contribution in [2.75, 3.05) is 20.7 Å². The molecule has 1 aromatic carbocycles. The average Bonchev–Trinajstić information content (AvgIpc) is 2.24. The SMILES string of the molecule is CNCC(=O)c1c(C)cc(OC)c(Br)c1C. The number of halogens is 1. The van der Waals surface area contributed by atoms with Gasteiger partial charge in [-0.05, 0) is 54.0 Å². The minimum Gasteiger partial charge on any atom is -0.496 e. The highest BCUT2D eigenvalue weighted by molar-refractivity contribution is 9.10. The van der Waals surface area contributed by atoms with Crippen molar-refractivity contribution in [1.82, 2.24) is 5.32 Å². The van der Waals surface area contributed by atoms with E-state index < -0.39 is 0 Å². The zero-order chi connectivity index (χ0) is 12.3. The molecule has 4 heteroatoms. The van der Waals surface area contributed by atoms with Crippen LogP contribution >= 0.6 is 15.9 Å². The van der Waals surface area contributed by atoms with Gasteiger partial charge in [0.25, 0.3) is 0 Å². The van der Waals surface area contributed by atoms with Gasteiger partial charge >= 0.3 is 0 Å². The maximum Gasteiger partial charge on any atom is 0.177 e. The van der Waals surface area contributed by atoms with Crippen molar-refractivity contribution < 1.29 is 9.53 Å². The summed E-state index contributed by atoms with van der Waals surface area (Å²) in [5.41, 5.74) is 2.64. The third kappa shape index (κ3) is 2.44. The van der Waals surface area contributed by atoms with Gasteiger partial charge in [0, 0.05) is 5.56 Å². The molecule has 0 radical (unpaired) electrons. The summed E-state index contributed by atoms with van der Waals surface area (Å²) in [5.74, 6) is 0.858. The number of benzene rings is 1. The van der Waals surface area contributed by atoms with E-state index in [2.05, 4.69) is 21.2 Å². The van der Waals surface area contributed by atoms with Gasteiger partial charge in [0.2, 0.25) is 0 Å². The van der Waals surface area contributed by atoms with E-state index in [4.69, 9.17) is 4.74 Å². The number of ketones is 1. The molecule has 1 N–H and O–H groups in total. The molecule has 16 heavy (non-hydrogen) atoms. The predicted octanol–water partition coefficient (Wildman–Crippen LogP) is 2.48. The molecule has 1 aromatic rings. The monoisotopic (exact) mass is 285 g/mol. The maximum absolute atomic E-state index is 11.9. The molecule has 3 nitrogen and oxygen atoms in total. The van der Waals surface area contributed by atoms with Crippen molar-refractivity contribution in [2.24, 2.45) is 0 Å². The Labute approximate surface area is 104 Å². The molecule has 0 saturated carbocycles. The Bertz CT molecular complexity index is 416. The van der Waals surface area contributed by atoms with Crippen molar-refractivity contribution in [3.63, 3.8) is 0 Å². The van der Waals surface area contributed by atoms with Crippen molar-refractivity contribution >= 4 is 21.7 Å². The Hall–Kier alpha value is -0.870. The molecule has 0 aliphatic rings. The highest BCUT2D eigenvalue weighted by atomic mass is 79.9. The fourth-order valence-corrected chi connectivity index (χ4v) is 2.22. The Morgan fingerprint density at radius 2 is 2.12 bits per heavy atom. The number of methoxy groups -OCH3 is 1. The van der Waals surface area contributed by atoms with Crippen LogP contribution in [-0.4, -0.2) is 26.5 Å². The molecule has 0 aliphatic carbocycles. The molecule has 0 unspecified atom stereocenters. The first-order valence-electron chi connectivity index (χ1n) is 5.04. The van der Waals surface area contributed by atoms with Crippen LogP contribution in [-0.2, 0) is 0 Å². The van der Waals surface area contributed by atoms with E-state index in [0.717, 1.165) is 26.9 Å². The Balaban J connectivity index is 3.30. The fraction of sp³-hybridized carbons (Fsp3) is 0.417. The zero-order valence-corrected chi connectivity index (χ0v) is 11.6. The number of ether oxygens (including phenoxy) is 1. The second-order valence-corrected chi connectivity index (χ2v) is 4.46. The quantitative estimate of drug-likeness (QED) is 0.864. The lowest BCUT2D eigenvalue weighted by atomic mass is 9.98. The second kappa shape index (κ2) is 5.46. The van der Waals surface area contributed by atoms with Crippen LogP contribution in [0.2, 0.25) is 0 Å². The average molecular weight is 286 g/mol. The van der Waals surface area contributed by atoms with Crippen LogP contribution in [0.5, 0.6) is 5.75 Å². The standard InChI is InChI=1S/C12H16BrNO2/c1-7-5-10(16-4)12(13)8(2)11(7)9(15)6-14-3/h5,14H,6H2,1-4H3. The third-order valence-corrected chi connectivity index (χ3v) is 3.48. The van der Waals surface area contributed by atoms with E-state index in [-0.39, 0.29) is 5.78 Å². The smallest absolute Gasteiger partial charge is 0.177 e. The van der Waals surface area contributed by atoms with Crippen LogP contribution in [0, 0.1) is 13.8 Å². The van der Waals surface area contributed by atoms with Gasteiger partial charge < -0.3 is 10.1 Å². The van der Waals surface area contributed by atoms with E-state index in [9.17, 15) is 4.79 Å². The number of aryl methyl sites for hydroxylation is 1. The normalized spacial score (nSPS) is 10.3. The third-order valence-electron chi connectivity index (χ3n) is 2.50. The largest absolute Gasteiger partial charge is 0.496 e. The summed E-state index contributed by atoms with van der Waals surface area (Å²) in [5, 5.41) is 2.87. The Morgan fingerprint density at radius 3 is 2.62 bits per heavy atom. The number of rotatable bonds is 4. The second-order valence-electron chi connectivity index (χ2n) is 3.66. The lowest BCUT2D eigenvalue weighted by molar-refractivity contribution is 0.0992. The number of carbonyl (C=O) groups is 1. The summed E-state index contributed by atoms with van der Waals surface area (Å²) < 4.78 is 6.07. The van der Waals surface area contributed by atoms with Crippen molar-refractivity contribution in [2.45, 2.75) is 13.8 Å². The summed E-state index contributed by atoms with van der Waals surface area (Å²) in [6.45, 7) is 4.19. The molecule has 1 rings (SSSR count). The lowest BCUT2D eigenvalue weighted by Crippen LogP contribution is -2.20. The van der Waals surface area contributed by atoms with Gasteiger partial charge in [0.05, 0.1) is 18.1 Å². The minimum atomic E-state index is 0.0980. The van der Waals surface area contributed by atoms with Crippen molar-refractivity contribution in [1.29, 1.82) is 0 Å². The van der Waals surface area contributed by atoms with Gasteiger partial charge in [-0.3, -0.25) is 4.79 Å². The summed E-state index contributed by atoms with van der Waals surface area (Å²) in [4.78, 5) is 11.9. The van der Waals surface area contributed by atoms with E-state index in [1.54, 1.807) is 14.2 Å². The van der Waals surface area contributed by atoms with Crippen LogP contribution < -0.4 is 10.1 Å². The van der Waals surface area contributed by atoms with E-state index in [1.165, 1.54) is 0 Å². The Kier molecular flexibility index (Phi) is 4.50. The minimum absolute atomic E-state index is 0.0980. The van der Waals surface area contributed by atoms with Gasteiger partial charge in [-0.25, -0.2) is 0 Å². The summed E-state index contributed by atoms with van der Waals surface area (Å²) >= 11 is 3.45. The van der Waals surface area contributed by atoms with E-state index >= 15 is 0 Å². The summed E-state index contributed by atoms with van der Waals surface area (Å²) in [7, 11) is 3.38. The van der Waals surface area contributed by atoms with Crippen molar-refractivity contribution in [3.05, 3.63) is 27.2 Å². The molecule has 0 bridgehead atoms. The molecule has 0 aliphatic heterocycles. The maximum atomic E-state index is 11.9. The van der Waals surface area contributed by atoms with E-state index in [0.29, 0.717) is 6.54 Å². The van der Waals surface area contributed by atoms with Crippen LogP contribution in [0.25, 0.3) is 0 Å². The highest BCUT2D eigenvalue weighted by Crippen LogP contribution is 2.33. The molecule has 0 amide bonds. The highest BCUT2D eigenvalue weighted by Gasteiger charge is 2.16. The van der Waals surface area contributed by atoms with Gasteiger partial charge in [0.15, 0.2) is 5.78 Å². The summed E-state index contributed by atoms with van der Waals surface area (Å²) in [6.07, 6.45) is 0. The summed E-state index contributed by atoms with van der Waals surface area (Å²) in [6, 6.07) is 1.87. The van der Waals surface area contributed by atoms with Gasteiger partial charge in [0.1, 0.15) is 5.75 Å². The predicted molar refractivity (Wildman–Crippen MR) is 68.4 cm³/mol. The number of hydrogen-bond acceptors (Lipinski definition) is 3. The molecule has 0 spiro atoms. The van der Waals surface area contributed by atoms with Crippen LogP contribution in [0.3, 0.4) is 0 Å². The first kappa shape index (κ1) is 13.2. The molecule has 0 saturated heterocycles. The van der Waals surface area contributed by atoms with Crippen molar-refractivity contribution in [3.8, 4) is 5.75 Å². The Morgan fingerprint density at radius 1 is 1.50 bits per heavy atom. The van der Waals surface area contributed by atoms with Crippen LogP contribution in [0.15, 0.2) is 10.5 Å². The number of carbonyl (C=O) groups excluding carboxylic acids is 1. The van der Waals surface area contributed by atoms with Crippen LogP contribution in [0.1, 0.15) is 21.5 Å². The zero-order valence-electron chi connectivity index (χ0n) is 9.98. The van der Waals surface area contributed by atoms with Gasteiger partial charge in [-0.1, -0.05) is 0 Å². The number of likely N-dealkylation sites (N-methyl/N-ethyl adjacent to an activating group) is 1. The first-order chi connectivity index (χ1) is 7.52. The number of Topliss-reactive ketones (excluding diaryl/α,β-unsaturated/α-hetero) is 1. The molecule has 0 fully saturated rings. The van der Waals surface area contributed by atoms with E-state index in [1.807, 2.05) is 19.9 Å². The van der Waals surface area contributed by atoms with Gasteiger partial charge in [-0.2, -0.15) is 0 Å². The molecule has 0 aromatic heterocycles. The molecule has 0 heterocycles. The number of hydrogen-bond donors (Lipinski definition) is 1. The van der Waals surface area contributed by atoms with Crippen LogP contribution in [0.4, 0.5) is 0 Å². The topological polar surface area (TPSA) is 38.3 Å². The van der Waals surface area contributed by atoms with Gasteiger partial charge in [-0.15, -0.1) is 0 Å². The lowest BCUT2D eigenvalue weighted by Gasteiger charge is -2.13.